The summed E-state index contributed by atoms with van der Waals surface area (Å²) in [5.74, 6) is 0.717. The molecule has 0 saturated heterocycles. The van der Waals surface area contributed by atoms with E-state index in [4.69, 9.17) is 4.74 Å². The predicted molar refractivity (Wildman–Crippen MR) is 91.7 cm³/mol. The molecule has 0 radical (unpaired) electrons. The van der Waals surface area contributed by atoms with Gasteiger partial charge in [0.2, 0.25) is 0 Å². The highest BCUT2D eigenvalue weighted by Gasteiger charge is 2.16. The molecular formula is C15H26N4O2S. The molecule has 124 valence electrons. The molecule has 3 N–H and O–H groups in total. The quantitative estimate of drug-likeness (QED) is 0.384. The van der Waals surface area contributed by atoms with E-state index >= 15 is 0 Å². The van der Waals surface area contributed by atoms with Crippen LogP contribution in [-0.4, -0.2) is 51.3 Å². The first-order valence-corrected chi connectivity index (χ1v) is 8.18. The number of amides is 1. The van der Waals surface area contributed by atoms with Crippen molar-refractivity contribution in [3.8, 4) is 0 Å². The van der Waals surface area contributed by atoms with Crippen LogP contribution < -0.4 is 16.0 Å². The fourth-order valence-corrected chi connectivity index (χ4v) is 2.22. The average molecular weight is 326 g/mol. The van der Waals surface area contributed by atoms with Crippen molar-refractivity contribution in [2.75, 3.05) is 33.8 Å². The molecule has 1 aromatic rings. The van der Waals surface area contributed by atoms with Gasteiger partial charge in [-0.25, -0.2) is 0 Å². The van der Waals surface area contributed by atoms with E-state index in [1.807, 2.05) is 31.4 Å². The van der Waals surface area contributed by atoms with Gasteiger partial charge in [-0.05, 0) is 31.7 Å². The predicted octanol–water partition coefficient (Wildman–Crippen LogP) is 1.46. The van der Waals surface area contributed by atoms with E-state index in [1.54, 1.807) is 14.2 Å². The highest BCUT2D eigenvalue weighted by atomic mass is 32.1. The fraction of sp³-hybridized carbons (Fsp3) is 0.600. The summed E-state index contributed by atoms with van der Waals surface area (Å²) >= 11 is 1.45. The third-order valence-electron chi connectivity index (χ3n) is 3.13. The van der Waals surface area contributed by atoms with E-state index in [0.29, 0.717) is 13.1 Å². The zero-order chi connectivity index (χ0) is 16.4. The number of carbonyl (C=O) groups excluding carboxylic acids is 1. The lowest BCUT2D eigenvalue weighted by Gasteiger charge is -2.24. The Labute approximate surface area is 136 Å². The number of carbonyl (C=O) groups is 1. The second kappa shape index (κ2) is 9.42. The Bertz CT molecular complexity index is 472. The largest absolute Gasteiger partial charge is 0.377 e. The fourth-order valence-electron chi connectivity index (χ4n) is 1.58. The van der Waals surface area contributed by atoms with Crippen molar-refractivity contribution < 1.29 is 9.53 Å². The van der Waals surface area contributed by atoms with Gasteiger partial charge in [0.25, 0.3) is 5.91 Å². The molecule has 0 spiro atoms. The van der Waals surface area contributed by atoms with Crippen LogP contribution in [0.4, 0.5) is 0 Å². The molecule has 1 amide bonds. The van der Waals surface area contributed by atoms with Gasteiger partial charge in [0.1, 0.15) is 0 Å². The highest BCUT2D eigenvalue weighted by molar-refractivity contribution is 7.12. The highest BCUT2D eigenvalue weighted by Crippen LogP contribution is 2.07. The first-order valence-electron chi connectivity index (χ1n) is 7.30. The number of nitrogens with zero attached hydrogens (tertiary/aromatic N) is 1. The van der Waals surface area contributed by atoms with Crippen LogP contribution in [-0.2, 0) is 4.74 Å². The zero-order valence-corrected chi connectivity index (χ0v) is 14.5. The van der Waals surface area contributed by atoms with Crippen LogP contribution in [0.15, 0.2) is 22.5 Å². The first-order chi connectivity index (χ1) is 10.5. The SMILES string of the molecule is CN=C(NCCCNC(=O)c1cccs1)NCC(C)(C)OC. The molecule has 1 heterocycles. The van der Waals surface area contributed by atoms with Crippen LogP contribution >= 0.6 is 11.3 Å². The number of guanidine groups is 1. The van der Waals surface area contributed by atoms with Gasteiger partial charge in [0, 0.05) is 33.8 Å². The summed E-state index contributed by atoms with van der Waals surface area (Å²) in [6, 6.07) is 3.69. The lowest BCUT2D eigenvalue weighted by Crippen LogP contribution is -2.45. The standard InChI is InChI=1S/C15H26N4O2S/c1-15(2,21-4)11-19-14(16-3)18-9-6-8-17-13(20)12-7-5-10-22-12/h5,7,10H,6,8-9,11H2,1-4H3,(H,17,20)(H2,16,18,19). The second-order valence-electron chi connectivity index (χ2n) is 5.40. The lowest BCUT2D eigenvalue weighted by molar-refractivity contribution is 0.0268. The van der Waals surface area contributed by atoms with Crippen LogP contribution in [0.5, 0.6) is 0 Å². The molecule has 6 nitrogen and oxygen atoms in total. The van der Waals surface area contributed by atoms with Crippen LogP contribution in [0.2, 0.25) is 0 Å². The number of methoxy groups -OCH3 is 1. The van der Waals surface area contributed by atoms with Crippen molar-refractivity contribution in [3.63, 3.8) is 0 Å². The van der Waals surface area contributed by atoms with Crippen molar-refractivity contribution in [1.82, 2.24) is 16.0 Å². The van der Waals surface area contributed by atoms with Gasteiger partial charge in [-0.15, -0.1) is 11.3 Å². The monoisotopic (exact) mass is 326 g/mol. The molecule has 22 heavy (non-hydrogen) atoms. The van der Waals surface area contributed by atoms with Crippen molar-refractivity contribution in [2.24, 2.45) is 4.99 Å². The van der Waals surface area contributed by atoms with E-state index in [0.717, 1.165) is 23.8 Å². The molecule has 7 heteroatoms. The van der Waals surface area contributed by atoms with Crippen molar-refractivity contribution in [2.45, 2.75) is 25.9 Å². The van der Waals surface area contributed by atoms with Crippen LogP contribution in [0, 0.1) is 0 Å². The summed E-state index contributed by atoms with van der Waals surface area (Å²) in [6.07, 6.45) is 0.825. The summed E-state index contributed by atoms with van der Waals surface area (Å²) in [4.78, 5) is 16.6. The number of rotatable bonds is 8. The summed E-state index contributed by atoms with van der Waals surface area (Å²) in [5.41, 5.74) is -0.244. The number of nitrogens with one attached hydrogen (secondary N) is 3. The van der Waals surface area contributed by atoms with Crippen molar-refractivity contribution in [3.05, 3.63) is 22.4 Å². The molecule has 0 atom stereocenters. The Morgan fingerprint density at radius 1 is 1.32 bits per heavy atom. The third kappa shape index (κ3) is 6.91. The Morgan fingerprint density at radius 3 is 2.64 bits per heavy atom. The van der Waals surface area contributed by atoms with Gasteiger partial charge in [-0.1, -0.05) is 6.07 Å². The molecular weight excluding hydrogens is 300 g/mol. The van der Waals surface area contributed by atoms with E-state index in [-0.39, 0.29) is 11.5 Å². The maximum absolute atomic E-state index is 11.7. The van der Waals surface area contributed by atoms with Crippen molar-refractivity contribution >= 4 is 23.2 Å². The number of hydrogen-bond acceptors (Lipinski definition) is 4. The van der Waals surface area contributed by atoms with Crippen LogP contribution in [0.3, 0.4) is 0 Å². The molecule has 1 aromatic heterocycles. The van der Waals surface area contributed by atoms with Gasteiger partial charge in [-0.3, -0.25) is 9.79 Å². The average Bonchev–Trinajstić information content (AvgIpc) is 3.04. The summed E-state index contributed by atoms with van der Waals surface area (Å²) in [7, 11) is 3.42. The zero-order valence-electron chi connectivity index (χ0n) is 13.7. The minimum absolute atomic E-state index is 0.0145. The molecule has 0 saturated carbocycles. The molecule has 0 aliphatic heterocycles. The van der Waals surface area contributed by atoms with E-state index in [1.165, 1.54) is 11.3 Å². The number of thiophene rings is 1. The minimum Gasteiger partial charge on any atom is -0.377 e. The molecule has 0 aromatic carbocycles. The Kier molecular flexibility index (Phi) is 7.90. The summed E-state index contributed by atoms with van der Waals surface area (Å²) < 4.78 is 5.35. The number of aliphatic imine (C=N–C) groups is 1. The van der Waals surface area contributed by atoms with E-state index in [9.17, 15) is 4.79 Å². The van der Waals surface area contributed by atoms with E-state index in [2.05, 4.69) is 20.9 Å². The molecule has 1 rings (SSSR count). The van der Waals surface area contributed by atoms with Crippen molar-refractivity contribution in [1.29, 1.82) is 0 Å². The maximum atomic E-state index is 11.7. The van der Waals surface area contributed by atoms with Crippen LogP contribution in [0.25, 0.3) is 0 Å². The smallest absolute Gasteiger partial charge is 0.261 e. The van der Waals surface area contributed by atoms with Gasteiger partial charge in [-0.2, -0.15) is 0 Å². The molecule has 0 aliphatic carbocycles. The first kappa shape index (κ1) is 18.4. The molecule has 0 fully saturated rings. The normalized spacial score (nSPS) is 12.1. The Balaban J connectivity index is 2.16. The van der Waals surface area contributed by atoms with Gasteiger partial charge < -0.3 is 20.7 Å². The molecule has 0 unspecified atom stereocenters. The maximum Gasteiger partial charge on any atom is 0.261 e. The number of ether oxygens (including phenoxy) is 1. The lowest BCUT2D eigenvalue weighted by atomic mass is 10.1. The van der Waals surface area contributed by atoms with Gasteiger partial charge in [0.05, 0.1) is 10.5 Å². The van der Waals surface area contributed by atoms with Crippen LogP contribution in [0.1, 0.15) is 29.9 Å². The Hall–Kier alpha value is -1.60. The molecule has 0 bridgehead atoms. The van der Waals surface area contributed by atoms with E-state index < -0.39 is 0 Å². The molecule has 0 aliphatic rings. The topological polar surface area (TPSA) is 74.8 Å². The van der Waals surface area contributed by atoms with Gasteiger partial charge in [0.15, 0.2) is 5.96 Å². The summed E-state index contributed by atoms with van der Waals surface area (Å²) in [5, 5.41) is 11.2. The van der Waals surface area contributed by atoms with Gasteiger partial charge >= 0.3 is 0 Å². The third-order valence-corrected chi connectivity index (χ3v) is 4.00. The second-order valence-corrected chi connectivity index (χ2v) is 6.35. The Morgan fingerprint density at radius 2 is 2.05 bits per heavy atom. The minimum atomic E-state index is -0.244. The number of hydrogen-bond donors (Lipinski definition) is 3. The summed E-state index contributed by atoms with van der Waals surface area (Å²) in [6.45, 7) is 6.04.